The van der Waals surface area contributed by atoms with Gasteiger partial charge in [0.25, 0.3) is 0 Å². The number of rotatable bonds is 2. The predicted molar refractivity (Wildman–Crippen MR) is 55.3 cm³/mol. The van der Waals surface area contributed by atoms with Gasteiger partial charge in [-0.15, -0.1) is 0 Å². The average Bonchev–Trinajstić information content (AvgIpc) is 2.29. The van der Waals surface area contributed by atoms with Gasteiger partial charge in [0.1, 0.15) is 18.3 Å². The molecule has 1 aliphatic heterocycles. The summed E-state index contributed by atoms with van der Waals surface area (Å²) in [6.45, 7) is 4.87. The number of ether oxygens (including phenoxy) is 1. The Labute approximate surface area is 93.7 Å². The first kappa shape index (κ1) is 13.1. The molecule has 1 heterocycles. The molecule has 0 bridgehead atoms. The monoisotopic (exact) mass is 231 g/mol. The largest absolute Gasteiger partial charge is 0.388 e. The van der Waals surface area contributed by atoms with E-state index in [1.807, 2.05) is 0 Å². The third-order valence-electron chi connectivity index (χ3n) is 2.73. The van der Waals surface area contributed by atoms with Crippen molar-refractivity contribution in [1.29, 1.82) is 0 Å². The fourth-order valence-corrected chi connectivity index (χ4v) is 1.62. The van der Waals surface area contributed by atoms with Crippen molar-refractivity contribution in [2.45, 2.75) is 37.6 Å². The molecule has 0 aromatic rings. The molecular formula is C10H17NO5. The fourth-order valence-electron chi connectivity index (χ4n) is 1.62. The van der Waals surface area contributed by atoms with E-state index >= 15 is 0 Å². The zero-order valence-corrected chi connectivity index (χ0v) is 9.28. The maximum absolute atomic E-state index is 11.3. The Hall–Kier alpha value is -0.950. The van der Waals surface area contributed by atoms with Crippen LogP contribution in [0.15, 0.2) is 12.7 Å². The zero-order valence-electron chi connectivity index (χ0n) is 9.28. The van der Waals surface area contributed by atoms with Crippen molar-refractivity contribution < 1.29 is 24.9 Å². The molecule has 1 fully saturated rings. The normalized spacial score (nSPS) is 39.2. The van der Waals surface area contributed by atoms with Gasteiger partial charge < -0.3 is 25.0 Å². The van der Waals surface area contributed by atoms with E-state index in [1.54, 1.807) is 6.92 Å². The Morgan fingerprint density at radius 1 is 1.31 bits per heavy atom. The molecule has 0 radical (unpaired) electrons. The molecular weight excluding hydrogens is 214 g/mol. The summed E-state index contributed by atoms with van der Waals surface area (Å²) in [4.78, 5) is 12.5. The van der Waals surface area contributed by atoms with E-state index in [0.29, 0.717) is 0 Å². The maximum atomic E-state index is 11.3. The first-order valence-electron chi connectivity index (χ1n) is 4.99. The number of amides is 1. The third-order valence-corrected chi connectivity index (χ3v) is 2.73. The predicted octanol–water partition coefficient (Wildman–Crippen LogP) is -1.54. The summed E-state index contributed by atoms with van der Waals surface area (Å²) in [5, 5.41) is 28.7. The van der Waals surface area contributed by atoms with E-state index in [-0.39, 0.29) is 0 Å². The Balaban J connectivity index is 2.81. The molecule has 1 unspecified atom stereocenters. The molecule has 1 amide bonds. The topological polar surface area (TPSA) is 90.2 Å². The number of carbonyl (C=O) groups is 1. The van der Waals surface area contributed by atoms with Gasteiger partial charge in [-0.2, -0.15) is 0 Å². The number of hydrogen-bond acceptors (Lipinski definition) is 5. The molecule has 3 N–H and O–H groups in total. The summed E-state index contributed by atoms with van der Waals surface area (Å²) in [5.74, 6) is -0.431. The number of aliphatic hydroxyl groups is 3. The van der Waals surface area contributed by atoms with Crippen LogP contribution in [0.25, 0.3) is 0 Å². The highest BCUT2D eigenvalue weighted by atomic mass is 16.5. The Bertz CT molecular complexity index is 282. The van der Waals surface area contributed by atoms with Crippen LogP contribution in [-0.2, 0) is 9.53 Å². The number of nitrogens with zero attached hydrogens (tertiary/aromatic N) is 1. The van der Waals surface area contributed by atoms with Crippen molar-refractivity contribution in [1.82, 2.24) is 4.90 Å². The van der Waals surface area contributed by atoms with Crippen LogP contribution in [0.1, 0.15) is 6.92 Å². The number of aliphatic hydroxyl groups excluding tert-OH is 3. The highest BCUT2D eigenvalue weighted by Gasteiger charge is 2.44. The highest BCUT2D eigenvalue weighted by molar-refractivity contribution is 5.86. The first-order chi connectivity index (χ1) is 7.40. The Kier molecular flexibility index (Phi) is 4.03. The van der Waals surface area contributed by atoms with Gasteiger partial charge in [0.05, 0.1) is 6.10 Å². The van der Waals surface area contributed by atoms with E-state index in [4.69, 9.17) is 4.74 Å². The zero-order chi connectivity index (χ0) is 12.5. The lowest BCUT2D eigenvalue weighted by Crippen LogP contribution is -2.61. The molecule has 92 valence electrons. The van der Waals surface area contributed by atoms with E-state index in [9.17, 15) is 20.1 Å². The summed E-state index contributed by atoms with van der Waals surface area (Å²) in [6.07, 6.45) is -4.42. The number of carbonyl (C=O) groups excluding carboxylic acids is 1. The molecule has 6 heteroatoms. The summed E-state index contributed by atoms with van der Waals surface area (Å²) in [5.41, 5.74) is 0. The van der Waals surface area contributed by atoms with Gasteiger partial charge in [0.2, 0.25) is 5.91 Å². The summed E-state index contributed by atoms with van der Waals surface area (Å²) < 4.78 is 5.26. The van der Waals surface area contributed by atoms with Crippen LogP contribution in [0, 0.1) is 0 Å². The second-order valence-electron chi connectivity index (χ2n) is 3.86. The third kappa shape index (κ3) is 2.25. The quantitative estimate of drug-likeness (QED) is 0.501. The minimum atomic E-state index is -1.35. The van der Waals surface area contributed by atoms with Crippen LogP contribution in [0.3, 0.4) is 0 Å². The van der Waals surface area contributed by atoms with Gasteiger partial charge in [-0.1, -0.05) is 6.58 Å². The van der Waals surface area contributed by atoms with E-state index in [0.717, 1.165) is 11.0 Å². The van der Waals surface area contributed by atoms with E-state index < -0.39 is 36.6 Å². The van der Waals surface area contributed by atoms with Gasteiger partial charge in [-0.3, -0.25) is 4.79 Å². The van der Waals surface area contributed by atoms with Crippen LogP contribution in [0.5, 0.6) is 0 Å². The maximum Gasteiger partial charge on any atom is 0.247 e. The van der Waals surface area contributed by atoms with Crippen LogP contribution >= 0.6 is 0 Å². The van der Waals surface area contributed by atoms with Crippen molar-refractivity contribution in [2.24, 2.45) is 0 Å². The smallest absolute Gasteiger partial charge is 0.247 e. The lowest BCUT2D eigenvalue weighted by Gasteiger charge is -2.42. The summed E-state index contributed by atoms with van der Waals surface area (Å²) >= 11 is 0. The van der Waals surface area contributed by atoms with Gasteiger partial charge in [-0.25, -0.2) is 0 Å². The van der Waals surface area contributed by atoms with Gasteiger partial charge in [0, 0.05) is 7.05 Å². The second-order valence-corrected chi connectivity index (χ2v) is 3.86. The van der Waals surface area contributed by atoms with Gasteiger partial charge in [-0.05, 0) is 13.0 Å². The van der Waals surface area contributed by atoms with Crippen molar-refractivity contribution >= 4 is 5.91 Å². The average molecular weight is 231 g/mol. The minimum absolute atomic E-state index is 0.431. The highest BCUT2D eigenvalue weighted by Crippen LogP contribution is 2.22. The van der Waals surface area contributed by atoms with Crippen LogP contribution in [-0.4, -0.2) is 63.8 Å². The van der Waals surface area contributed by atoms with E-state index in [1.165, 1.54) is 7.05 Å². The van der Waals surface area contributed by atoms with Crippen LogP contribution in [0.4, 0.5) is 0 Å². The molecule has 0 aromatic carbocycles. The Morgan fingerprint density at radius 2 is 1.88 bits per heavy atom. The lowest BCUT2D eigenvalue weighted by atomic mass is 9.98. The molecule has 0 aromatic heterocycles. The second kappa shape index (κ2) is 4.92. The Morgan fingerprint density at radius 3 is 2.38 bits per heavy atom. The van der Waals surface area contributed by atoms with Gasteiger partial charge >= 0.3 is 0 Å². The fraction of sp³-hybridized carbons (Fsp3) is 0.700. The molecule has 0 aliphatic carbocycles. The molecule has 1 rings (SSSR count). The molecule has 1 aliphatic rings. The summed E-state index contributed by atoms with van der Waals surface area (Å²) in [6, 6.07) is 0. The van der Waals surface area contributed by atoms with E-state index in [2.05, 4.69) is 6.58 Å². The van der Waals surface area contributed by atoms with Crippen molar-refractivity contribution in [3.8, 4) is 0 Å². The summed E-state index contributed by atoms with van der Waals surface area (Å²) in [7, 11) is 1.43. The number of likely N-dealkylation sites (N-methyl/N-ethyl adjacent to an activating group) is 1. The van der Waals surface area contributed by atoms with Gasteiger partial charge in [0.15, 0.2) is 6.23 Å². The molecule has 1 saturated heterocycles. The van der Waals surface area contributed by atoms with Crippen LogP contribution < -0.4 is 0 Å². The van der Waals surface area contributed by atoms with Crippen LogP contribution in [0.2, 0.25) is 0 Å². The standard InChI is InChI=1S/C10H17NO5/c1-4-6(12)11(3)10-9(15)8(14)7(13)5(2)16-10/h4-5,7-10,13-15H,1H2,2-3H3/t5-,7-,8+,9+,10?/m1/s1. The molecule has 0 saturated carbocycles. The molecule has 0 spiro atoms. The minimum Gasteiger partial charge on any atom is -0.388 e. The SMILES string of the molecule is C=CC(=O)N(C)C1O[C@H](C)[C@@H](O)[C@H](O)[C@@H]1O. The van der Waals surface area contributed by atoms with Crippen molar-refractivity contribution in [3.05, 3.63) is 12.7 Å². The molecule has 16 heavy (non-hydrogen) atoms. The molecule has 6 nitrogen and oxygen atoms in total. The molecule has 5 atom stereocenters. The first-order valence-corrected chi connectivity index (χ1v) is 4.99. The van der Waals surface area contributed by atoms with Crippen molar-refractivity contribution in [2.75, 3.05) is 7.05 Å². The van der Waals surface area contributed by atoms with Crippen molar-refractivity contribution in [3.63, 3.8) is 0 Å². The lowest BCUT2D eigenvalue weighted by molar-refractivity contribution is -0.248. The number of hydrogen-bond donors (Lipinski definition) is 3.